The van der Waals surface area contributed by atoms with E-state index in [9.17, 15) is 0 Å². The fourth-order valence-corrected chi connectivity index (χ4v) is 1.56. The Kier molecular flexibility index (Phi) is 1.44. The molecule has 0 bridgehead atoms. The second-order valence-corrected chi connectivity index (χ2v) is 2.95. The van der Waals surface area contributed by atoms with Crippen LogP contribution in [-0.4, -0.2) is 5.71 Å². The van der Waals surface area contributed by atoms with Crippen LogP contribution in [-0.2, 0) is 6.42 Å². The molecule has 1 aliphatic carbocycles. The molecule has 1 N–H and O–H groups in total. The first kappa shape index (κ1) is 7.05. The molecule has 0 amide bonds. The van der Waals surface area contributed by atoms with Crippen molar-refractivity contribution in [2.75, 3.05) is 0 Å². The summed E-state index contributed by atoms with van der Waals surface area (Å²) in [5, 5.41) is 7.60. The van der Waals surface area contributed by atoms with Gasteiger partial charge < -0.3 is 5.41 Å². The third-order valence-electron chi connectivity index (χ3n) is 2.21. The summed E-state index contributed by atoms with van der Waals surface area (Å²) >= 11 is 0. The molecule has 0 unspecified atom stereocenters. The molecule has 0 spiro atoms. The first-order chi connectivity index (χ1) is 5.81. The number of rotatable bonds is 0. The van der Waals surface area contributed by atoms with Gasteiger partial charge in [-0.25, -0.2) is 0 Å². The minimum absolute atomic E-state index is 0.730. The van der Waals surface area contributed by atoms with Gasteiger partial charge in [-0.2, -0.15) is 0 Å². The van der Waals surface area contributed by atoms with Crippen molar-refractivity contribution < 1.29 is 0 Å². The summed E-state index contributed by atoms with van der Waals surface area (Å²) in [6.07, 6.45) is 1.81. The Bertz CT molecular complexity index is 385. The smallest absolute Gasteiger partial charge is 0.305 e. The maximum Gasteiger partial charge on any atom is 0.340 e. The van der Waals surface area contributed by atoms with Crippen molar-refractivity contribution in [3.8, 4) is 6.57 Å². The number of benzene rings is 1. The molecule has 0 aliphatic heterocycles. The molecule has 12 heavy (non-hydrogen) atoms. The lowest BCUT2D eigenvalue weighted by atomic mass is 10.1. The largest absolute Gasteiger partial charge is 0.340 e. The van der Waals surface area contributed by atoms with Crippen molar-refractivity contribution in [2.24, 2.45) is 0 Å². The van der Waals surface area contributed by atoms with E-state index in [-0.39, 0.29) is 0 Å². The lowest BCUT2D eigenvalue weighted by Crippen LogP contribution is -1.89. The Balaban J connectivity index is 2.57. The zero-order valence-electron chi connectivity index (χ0n) is 6.67. The number of nitrogens with zero attached hydrogens (tertiary/aromatic N) is 1. The minimum Gasteiger partial charge on any atom is -0.305 e. The first-order valence-electron chi connectivity index (χ1n) is 3.93. The summed E-state index contributed by atoms with van der Waals surface area (Å²) in [5.74, 6) is 0. The van der Waals surface area contributed by atoms with Crippen molar-refractivity contribution in [3.05, 3.63) is 34.2 Å². The summed E-state index contributed by atoms with van der Waals surface area (Å²) in [6.45, 7) is 5.15. The molecule has 1 aromatic carbocycles. The molecule has 0 aromatic heterocycles. The normalized spacial score (nSPS) is 14.1. The van der Waals surface area contributed by atoms with Crippen molar-refractivity contribution in [1.29, 1.82) is 5.41 Å². The van der Waals surface area contributed by atoms with E-state index in [0.717, 1.165) is 29.8 Å². The van der Waals surface area contributed by atoms with E-state index in [1.807, 2.05) is 18.2 Å². The standard InChI is InChI=1S/C10H9N2/c1-12-8-3-4-9-7(6-8)2-5-10(9)11/h1,3-4,6,11H,2,5H2/q+1. The van der Waals surface area contributed by atoms with Crippen molar-refractivity contribution >= 4 is 11.4 Å². The van der Waals surface area contributed by atoms with Crippen molar-refractivity contribution in [3.63, 3.8) is 0 Å². The second kappa shape index (κ2) is 2.46. The summed E-state index contributed by atoms with van der Waals surface area (Å²) in [7, 11) is 0. The highest BCUT2D eigenvalue weighted by molar-refractivity contribution is 6.02. The van der Waals surface area contributed by atoms with Gasteiger partial charge in [-0.3, -0.25) is 0 Å². The van der Waals surface area contributed by atoms with E-state index < -0.39 is 0 Å². The summed E-state index contributed by atoms with van der Waals surface area (Å²) in [4.78, 5) is 3.60. The van der Waals surface area contributed by atoms with Gasteiger partial charge in [-0.05, 0) is 34.9 Å². The van der Waals surface area contributed by atoms with E-state index in [1.165, 1.54) is 5.56 Å². The van der Waals surface area contributed by atoms with Gasteiger partial charge in [0, 0.05) is 17.8 Å². The van der Waals surface area contributed by atoms with Gasteiger partial charge in [0.1, 0.15) is 0 Å². The van der Waals surface area contributed by atoms with Gasteiger partial charge in [-0.15, -0.1) is 0 Å². The lowest BCUT2D eigenvalue weighted by Gasteiger charge is -1.93. The zero-order chi connectivity index (χ0) is 8.55. The average Bonchev–Trinajstić information content (AvgIpc) is 2.47. The van der Waals surface area contributed by atoms with Crippen LogP contribution in [0.2, 0.25) is 0 Å². The molecular weight excluding hydrogens is 148 g/mol. The number of aryl methyl sites for hydroxylation is 1. The number of fused-ring (bicyclic) bond motifs is 1. The van der Waals surface area contributed by atoms with Gasteiger partial charge in [-0.1, -0.05) is 0 Å². The van der Waals surface area contributed by atoms with Gasteiger partial charge in [0.2, 0.25) is 0 Å². The predicted molar refractivity (Wildman–Crippen MR) is 49.6 cm³/mol. The number of hydrogen-bond donors (Lipinski definition) is 1. The van der Waals surface area contributed by atoms with Gasteiger partial charge >= 0.3 is 5.69 Å². The molecule has 0 atom stereocenters. The third kappa shape index (κ3) is 0.911. The predicted octanol–water partition coefficient (Wildman–Crippen LogP) is 2.59. The van der Waals surface area contributed by atoms with Crippen LogP contribution in [0.5, 0.6) is 0 Å². The number of hydrogen-bond acceptors (Lipinski definition) is 1. The Morgan fingerprint density at radius 1 is 1.33 bits per heavy atom. The fourth-order valence-electron chi connectivity index (χ4n) is 1.56. The van der Waals surface area contributed by atoms with E-state index in [0.29, 0.717) is 0 Å². The fraction of sp³-hybridized carbons (Fsp3) is 0.200. The average molecular weight is 157 g/mol. The lowest BCUT2D eigenvalue weighted by molar-refractivity contribution is 1.09. The van der Waals surface area contributed by atoms with Gasteiger partial charge in [0.05, 0.1) is 0 Å². The molecule has 0 fully saturated rings. The molecular formula is C10H9N2+. The van der Waals surface area contributed by atoms with Gasteiger partial charge in [0.15, 0.2) is 0 Å². The molecule has 2 rings (SSSR count). The van der Waals surface area contributed by atoms with Crippen LogP contribution in [0, 0.1) is 12.0 Å². The Morgan fingerprint density at radius 3 is 2.92 bits per heavy atom. The molecule has 1 aliphatic rings. The van der Waals surface area contributed by atoms with Crippen LogP contribution in [0.15, 0.2) is 18.2 Å². The molecule has 0 heterocycles. The van der Waals surface area contributed by atoms with E-state index in [1.54, 1.807) is 0 Å². The first-order valence-corrected chi connectivity index (χ1v) is 3.93. The Morgan fingerprint density at radius 2 is 2.17 bits per heavy atom. The highest BCUT2D eigenvalue weighted by Crippen LogP contribution is 2.25. The minimum atomic E-state index is 0.730. The second-order valence-electron chi connectivity index (χ2n) is 2.95. The quantitative estimate of drug-likeness (QED) is 0.599. The van der Waals surface area contributed by atoms with Crippen LogP contribution < -0.4 is 0 Å². The summed E-state index contributed by atoms with van der Waals surface area (Å²) < 4.78 is 0. The van der Waals surface area contributed by atoms with Crippen LogP contribution in [0.25, 0.3) is 4.85 Å². The zero-order valence-corrected chi connectivity index (χ0v) is 6.67. The van der Waals surface area contributed by atoms with E-state index in [4.69, 9.17) is 12.0 Å². The van der Waals surface area contributed by atoms with Crippen molar-refractivity contribution in [1.82, 2.24) is 0 Å². The van der Waals surface area contributed by atoms with Crippen LogP contribution in [0.3, 0.4) is 0 Å². The summed E-state index contributed by atoms with van der Waals surface area (Å²) in [5.41, 5.74) is 3.78. The maximum atomic E-state index is 7.60. The van der Waals surface area contributed by atoms with E-state index >= 15 is 0 Å². The molecule has 2 heteroatoms. The molecule has 1 aromatic rings. The molecule has 58 valence electrons. The van der Waals surface area contributed by atoms with Crippen LogP contribution in [0.4, 0.5) is 5.69 Å². The number of nitrogens with one attached hydrogen (secondary N) is 1. The highest BCUT2D eigenvalue weighted by Gasteiger charge is 2.17. The topological polar surface area (TPSA) is 28.2 Å². The SMILES string of the molecule is C#[N+]c1ccc2c(c1)CCC2=N. The highest BCUT2D eigenvalue weighted by atomic mass is 14.6. The summed E-state index contributed by atoms with van der Waals surface area (Å²) in [6, 6.07) is 5.73. The van der Waals surface area contributed by atoms with Crippen LogP contribution in [0.1, 0.15) is 17.5 Å². The maximum absolute atomic E-state index is 7.60. The molecule has 0 saturated heterocycles. The molecule has 0 radical (unpaired) electrons. The Labute approximate surface area is 71.2 Å². The van der Waals surface area contributed by atoms with Crippen LogP contribution >= 0.6 is 0 Å². The van der Waals surface area contributed by atoms with Gasteiger partial charge in [0.25, 0.3) is 6.57 Å². The third-order valence-corrected chi connectivity index (χ3v) is 2.21. The molecule has 0 saturated carbocycles. The molecule has 2 nitrogen and oxygen atoms in total. The van der Waals surface area contributed by atoms with E-state index in [2.05, 4.69) is 4.85 Å². The van der Waals surface area contributed by atoms with Crippen molar-refractivity contribution in [2.45, 2.75) is 12.8 Å². The Hall–Kier alpha value is -1.62. The monoisotopic (exact) mass is 157 g/mol.